The third-order valence-corrected chi connectivity index (χ3v) is 6.07. The van der Waals surface area contributed by atoms with Crippen molar-refractivity contribution in [2.75, 3.05) is 12.3 Å². The molecule has 1 saturated heterocycles. The summed E-state index contributed by atoms with van der Waals surface area (Å²) < 4.78 is 34.0. The van der Waals surface area contributed by atoms with Crippen molar-refractivity contribution in [2.24, 2.45) is 5.92 Å². The molecule has 1 saturated carbocycles. The number of aryl methyl sites for hydroxylation is 2. The highest BCUT2D eigenvalue weighted by Gasteiger charge is 2.42. The fourth-order valence-electron chi connectivity index (χ4n) is 3.29. The van der Waals surface area contributed by atoms with Crippen molar-refractivity contribution in [3.8, 4) is 0 Å². The number of anilines is 1. The van der Waals surface area contributed by atoms with Crippen LogP contribution >= 0.6 is 0 Å². The predicted molar refractivity (Wildman–Crippen MR) is 81.5 cm³/mol. The van der Waals surface area contributed by atoms with Gasteiger partial charge in [-0.3, -0.25) is 0 Å². The quantitative estimate of drug-likeness (QED) is 0.830. The van der Waals surface area contributed by atoms with Crippen molar-refractivity contribution in [3.05, 3.63) is 23.3 Å². The van der Waals surface area contributed by atoms with Crippen LogP contribution in [0.2, 0.25) is 0 Å². The Morgan fingerprint density at radius 3 is 2.38 bits per heavy atom. The van der Waals surface area contributed by atoms with Gasteiger partial charge in [-0.25, -0.2) is 13.1 Å². The van der Waals surface area contributed by atoms with Gasteiger partial charge >= 0.3 is 0 Å². The van der Waals surface area contributed by atoms with Gasteiger partial charge in [-0.15, -0.1) is 0 Å². The average Bonchev–Trinajstić information content (AvgIpc) is 3.08. The first-order chi connectivity index (χ1) is 9.88. The maximum Gasteiger partial charge on any atom is 0.241 e. The third kappa shape index (κ3) is 2.93. The minimum atomic E-state index is -3.55. The summed E-state index contributed by atoms with van der Waals surface area (Å²) in [4.78, 5) is 0.346. The maximum atomic E-state index is 12.7. The highest BCUT2D eigenvalue weighted by atomic mass is 32.2. The highest BCUT2D eigenvalue weighted by Crippen LogP contribution is 2.39. The molecule has 21 heavy (non-hydrogen) atoms. The Bertz CT molecular complexity index is 630. The lowest BCUT2D eigenvalue weighted by Gasteiger charge is -2.21. The lowest BCUT2D eigenvalue weighted by atomic mass is 10.1. The second kappa shape index (κ2) is 5.26. The number of sulfonamides is 1. The van der Waals surface area contributed by atoms with Gasteiger partial charge in [0, 0.05) is 12.3 Å². The smallest absolute Gasteiger partial charge is 0.241 e. The van der Waals surface area contributed by atoms with Gasteiger partial charge in [-0.05, 0) is 62.3 Å². The number of rotatable bonds is 4. The van der Waals surface area contributed by atoms with E-state index in [2.05, 4.69) is 4.72 Å². The van der Waals surface area contributed by atoms with Crippen LogP contribution in [-0.4, -0.2) is 27.2 Å². The number of benzene rings is 1. The van der Waals surface area contributed by atoms with E-state index in [9.17, 15) is 8.42 Å². The van der Waals surface area contributed by atoms with Crippen LogP contribution in [0, 0.1) is 19.8 Å². The van der Waals surface area contributed by atoms with Crippen LogP contribution in [0.15, 0.2) is 17.0 Å². The molecule has 1 aliphatic heterocycles. The molecule has 0 radical (unpaired) electrons. The van der Waals surface area contributed by atoms with E-state index in [4.69, 9.17) is 10.5 Å². The van der Waals surface area contributed by atoms with Crippen LogP contribution in [0.25, 0.3) is 0 Å². The Hall–Kier alpha value is -1.11. The second-order valence-electron chi connectivity index (χ2n) is 6.17. The molecule has 5 nitrogen and oxygen atoms in total. The zero-order valence-electron chi connectivity index (χ0n) is 12.4. The molecule has 1 aromatic carbocycles. The molecular weight excluding hydrogens is 288 g/mol. The normalized spacial score (nSPS) is 26.2. The largest absolute Gasteiger partial charge is 0.399 e. The Balaban J connectivity index is 1.87. The van der Waals surface area contributed by atoms with Crippen LogP contribution in [-0.2, 0) is 14.8 Å². The van der Waals surface area contributed by atoms with Crippen LogP contribution in [0.3, 0.4) is 0 Å². The summed E-state index contributed by atoms with van der Waals surface area (Å²) in [6, 6.07) is 3.29. The van der Waals surface area contributed by atoms with Gasteiger partial charge < -0.3 is 10.5 Å². The summed E-state index contributed by atoms with van der Waals surface area (Å²) in [7, 11) is -3.55. The molecule has 0 aromatic heterocycles. The molecule has 1 aromatic rings. The van der Waals surface area contributed by atoms with Crippen LogP contribution in [0.1, 0.15) is 30.4 Å². The summed E-state index contributed by atoms with van der Waals surface area (Å²) in [6.07, 6.45) is 3.06. The molecule has 2 atom stereocenters. The van der Waals surface area contributed by atoms with E-state index >= 15 is 0 Å². The van der Waals surface area contributed by atoms with Gasteiger partial charge in [0.25, 0.3) is 0 Å². The molecule has 6 heteroatoms. The molecule has 0 amide bonds. The summed E-state index contributed by atoms with van der Waals surface area (Å²) in [6.45, 7) is 4.19. The SMILES string of the molecule is Cc1cc(N)cc(C)c1S(=O)(=O)NC1CCOC1C1CC1. The number of ether oxygens (including phenoxy) is 1. The predicted octanol–water partition coefficient (Wildman–Crippen LogP) is 1.73. The van der Waals surface area contributed by atoms with Crippen molar-refractivity contribution in [1.82, 2.24) is 4.72 Å². The monoisotopic (exact) mass is 310 g/mol. The molecule has 3 N–H and O–H groups in total. The number of nitrogen functional groups attached to an aromatic ring is 1. The van der Waals surface area contributed by atoms with E-state index in [1.165, 1.54) is 0 Å². The van der Waals surface area contributed by atoms with E-state index in [0.29, 0.717) is 34.2 Å². The van der Waals surface area contributed by atoms with Gasteiger partial charge in [0.1, 0.15) is 0 Å². The minimum Gasteiger partial charge on any atom is -0.399 e. The van der Waals surface area contributed by atoms with E-state index in [1.54, 1.807) is 26.0 Å². The molecule has 1 aliphatic carbocycles. The van der Waals surface area contributed by atoms with Crippen LogP contribution in [0.4, 0.5) is 5.69 Å². The first-order valence-electron chi connectivity index (χ1n) is 7.39. The molecule has 0 spiro atoms. The molecule has 2 unspecified atom stereocenters. The maximum absolute atomic E-state index is 12.7. The van der Waals surface area contributed by atoms with Gasteiger partial charge in [0.15, 0.2) is 0 Å². The number of nitrogens with two attached hydrogens (primary N) is 1. The van der Waals surface area contributed by atoms with Gasteiger partial charge in [0.05, 0.1) is 17.0 Å². The first kappa shape index (κ1) is 14.8. The van der Waals surface area contributed by atoms with Crippen LogP contribution < -0.4 is 10.5 Å². The molecule has 116 valence electrons. The van der Waals surface area contributed by atoms with Crippen molar-refractivity contribution in [2.45, 2.75) is 50.2 Å². The molecule has 3 rings (SSSR count). The lowest BCUT2D eigenvalue weighted by Crippen LogP contribution is -2.41. The Kier molecular flexibility index (Phi) is 3.71. The fourth-order valence-corrected chi connectivity index (χ4v) is 5.03. The summed E-state index contributed by atoms with van der Waals surface area (Å²) in [5, 5.41) is 0. The average molecular weight is 310 g/mol. The first-order valence-corrected chi connectivity index (χ1v) is 8.87. The number of hydrogen-bond acceptors (Lipinski definition) is 4. The summed E-state index contributed by atoms with van der Waals surface area (Å²) in [5.41, 5.74) is 7.72. The van der Waals surface area contributed by atoms with Gasteiger partial charge in [-0.1, -0.05) is 0 Å². The molecule has 2 fully saturated rings. The Morgan fingerprint density at radius 2 is 1.81 bits per heavy atom. The van der Waals surface area contributed by atoms with Crippen molar-refractivity contribution < 1.29 is 13.2 Å². The molecule has 2 aliphatic rings. The summed E-state index contributed by atoms with van der Waals surface area (Å²) in [5.74, 6) is 0.522. The van der Waals surface area contributed by atoms with Crippen LogP contribution in [0.5, 0.6) is 0 Å². The molecule has 0 bridgehead atoms. The van der Waals surface area contributed by atoms with Crippen molar-refractivity contribution >= 4 is 15.7 Å². The van der Waals surface area contributed by atoms with Crippen molar-refractivity contribution in [1.29, 1.82) is 0 Å². The zero-order chi connectivity index (χ0) is 15.2. The molecular formula is C15H22N2O3S. The molecule has 1 heterocycles. The van der Waals surface area contributed by atoms with Gasteiger partial charge in [-0.2, -0.15) is 0 Å². The Morgan fingerprint density at radius 1 is 1.19 bits per heavy atom. The number of nitrogens with one attached hydrogen (secondary N) is 1. The van der Waals surface area contributed by atoms with E-state index in [-0.39, 0.29) is 12.1 Å². The summed E-state index contributed by atoms with van der Waals surface area (Å²) >= 11 is 0. The minimum absolute atomic E-state index is 0.0363. The number of hydrogen-bond donors (Lipinski definition) is 2. The third-order valence-electron chi connectivity index (χ3n) is 4.28. The topological polar surface area (TPSA) is 81.4 Å². The zero-order valence-corrected chi connectivity index (χ0v) is 13.2. The van der Waals surface area contributed by atoms with E-state index in [0.717, 1.165) is 19.3 Å². The van der Waals surface area contributed by atoms with E-state index < -0.39 is 10.0 Å². The van der Waals surface area contributed by atoms with Crippen molar-refractivity contribution in [3.63, 3.8) is 0 Å². The lowest BCUT2D eigenvalue weighted by molar-refractivity contribution is 0.0848. The standard InChI is InChI=1S/C15H22N2O3S/c1-9-7-12(16)8-10(2)15(9)21(18,19)17-13-5-6-20-14(13)11-3-4-11/h7-8,11,13-14,17H,3-6,16H2,1-2H3. The Labute approximate surface area is 125 Å². The van der Waals surface area contributed by atoms with E-state index in [1.807, 2.05) is 0 Å². The second-order valence-corrected chi connectivity index (χ2v) is 7.82. The fraction of sp³-hybridized carbons (Fsp3) is 0.600. The highest BCUT2D eigenvalue weighted by molar-refractivity contribution is 7.89. The van der Waals surface area contributed by atoms with Gasteiger partial charge in [0.2, 0.25) is 10.0 Å².